The predicted octanol–water partition coefficient (Wildman–Crippen LogP) is 0.766. The van der Waals surface area contributed by atoms with Crippen molar-refractivity contribution in [1.29, 1.82) is 0 Å². The number of carboxylic acids is 1. The summed E-state index contributed by atoms with van der Waals surface area (Å²) in [6.45, 7) is 2.66. The Morgan fingerprint density at radius 3 is 2.57 bits per heavy atom. The van der Waals surface area contributed by atoms with E-state index in [9.17, 15) is 4.79 Å². The summed E-state index contributed by atoms with van der Waals surface area (Å²) in [6, 6.07) is -0.427. The lowest BCUT2D eigenvalue weighted by atomic mass is 10.1. The monoisotopic (exact) mass is 218 g/mol. The van der Waals surface area contributed by atoms with Crippen LogP contribution in [0.4, 0.5) is 0 Å². The molecule has 1 atom stereocenters. The molecule has 0 aliphatic carbocycles. The van der Waals surface area contributed by atoms with E-state index in [0.29, 0.717) is 6.42 Å². The van der Waals surface area contributed by atoms with E-state index in [1.807, 2.05) is 6.92 Å². The fourth-order valence-electron chi connectivity index (χ4n) is 1.13. The van der Waals surface area contributed by atoms with Gasteiger partial charge in [0.25, 0.3) is 0 Å². The summed E-state index contributed by atoms with van der Waals surface area (Å²) in [6.07, 6.45) is 2.48. The molecule has 0 rings (SSSR count). The summed E-state index contributed by atoms with van der Waals surface area (Å²) in [5.41, 5.74) is 0. The maximum atomic E-state index is 10.6. The number of thiocarbonyl (C=S) groups is 1. The third-order valence-corrected chi connectivity index (χ3v) is 2.08. The number of nitrogens with one attached hydrogen (secondary N) is 2. The van der Waals surface area contributed by atoms with Gasteiger partial charge in [0.2, 0.25) is 0 Å². The molecule has 0 unspecified atom stereocenters. The Kier molecular flexibility index (Phi) is 7.32. The van der Waals surface area contributed by atoms with Crippen molar-refractivity contribution in [3.8, 4) is 0 Å². The minimum atomic E-state index is -0.786. The van der Waals surface area contributed by atoms with Crippen molar-refractivity contribution in [2.24, 2.45) is 0 Å². The Labute approximate surface area is 90.1 Å². The number of rotatable bonds is 7. The second-order valence-corrected chi connectivity index (χ2v) is 3.77. The second kappa shape index (κ2) is 7.70. The molecule has 0 saturated carbocycles. The van der Waals surface area contributed by atoms with E-state index in [2.05, 4.69) is 10.6 Å². The first kappa shape index (κ1) is 13.3. The molecule has 0 aliphatic heterocycles. The van der Waals surface area contributed by atoms with E-state index in [1.165, 1.54) is 0 Å². The van der Waals surface area contributed by atoms with Crippen LogP contribution in [0.3, 0.4) is 0 Å². The van der Waals surface area contributed by atoms with E-state index in [4.69, 9.17) is 17.3 Å². The van der Waals surface area contributed by atoms with Gasteiger partial charge in [-0.25, -0.2) is 0 Å². The molecule has 3 N–H and O–H groups in total. The van der Waals surface area contributed by atoms with Gasteiger partial charge in [0.05, 0.1) is 4.99 Å². The number of carbonyl (C=O) groups is 1. The zero-order valence-corrected chi connectivity index (χ0v) is 9.49. The average molecular weight is 218 g/mol. The molecule has 0 bridgehead atoms. The lowest BCUT2D eigenvalue weighted by Crippen LogP contribution is -2.33. The first-order valence-electron chi connectivity index (χ1n) is 4.72. The van der Waals surface area contributed by atoms with Gasteiger partial charge in [0, 0.05) is 6.54 Å². The highest BCUT2D eigenvalue weighted by Gasteiger charge is 2.13. The predicted molar refractivity (Wildman–Crippen MR) is 60.6 cm³/mol. The molecule has 0 aromatic rings. The van der Waals surface area contributed by atoms with Crippen molar-refractivity contribution in [3.63, 3.8) is 0 Å². The van der Waals surface area contributed by atoms with Gasteiger partial charge in [-0.3, -0.25) is 4.79 Å². The summed E-state index contributed by atoms with van der Waals surface area (Å²) in [5.74, 6) is -0.786. The van der Waals surface area contributed by atoms with Gasteiger partial charge in [-0.05, 0) is 33.2 Å². The second-order valence-electron chi connectivity index (χ2n) is 3.16. The summed E-state index contributed by atoms with van der Waals surface area (Å²) in [5, 5.41) is 14.5. The van der Waals surface area contributed by atoms with Gasteiger partial charge in [-0.15, -0.1) is 0 Å². The van der Waals surface area contributed by atoms with Gasteiger partial charge in [0.15, 0.2) is 0 Å². The van der Waals surface area contributed by atoms with E-state index < -0.39 is 12.0 Å². The quantitative estimate of drug-likeness (QED) is 0.435. The van der Waals surface area contributed by atoms with Crippen LogP contribution in [-0.4, -0.2) is 35.7 Å². The maximum absolute atomic E-state index is 10.6. The summed E-state index contributed by atoms with van der Waals surface area (Å²) < 4.78 is 0. The standard InChI is InChI=1S/C9H18N2O2S/c1-7(14)11-6-4-3-5-8(10-2)9(12)13/h8,10H,3-6H2,1-2H3,(H,11,14)(H,12,13)/t8-/m0/s1. The third-order valence-electron chi connectivity index (χ3n) is 1.94. The molecule has 0 amide bonds. The van der Waals surface area contributed by atoms with E-state index >= 15 is 0 Å². The first-order chi connectivity index (χ1) is 6.57. The van der Waals surface area contributed by atoms with Crippen molar-refractivity contribution in [1.82, 2.24) is 10.6 Å². The minimum absolute atomic E-state index is 0.427. The fourth-order valence-corrected chi connectivity index (χ4v) is 1.23. The van der Waals surface area contributed by atoms with E-state index in [0.717, 1.165) is 24.4 Å². The highest BCUT2D eigenvalue weighted by atomic mass is 32.1. The molecular weight excluding hydrogens is 200 g/mol. The Hall–Kier alpha value is -0.680. The van der Waals surface area contributed by atoms with Crippen molar-refractivity contribution in [3.05, 3.63) is 0 Å². The topological polar surface area (TPSA) is 61.4 Å². The number of aliphatic carboxylic acids is 1. The van der Waals surface area contributed by atoms with E-state index in [-0.39, 0.29) is 0 Å². The molecule has 14 heavy (non-hydrogen) atoms. The third kappa shape index (κ3) is 6.80. The summed E-state index contributed by atoms with van der Waals surface area (Å²) >= 11 is 4.84. The SMILES string of the molecule is CN[C@@H](CCCCNC(C)=S)C(=O)O. The van der Waals surface area contributed by atoms with Gasteiger partial charge in [-0.1, -0.05) is 12.2 Å². The van der Waals surface area contributed by atoms with Crippen LogP contribution >= 0.6 is 12.2 Å². The van der Waals surface area contributed by atoms with Crippen LogP contribution in [0.2, 0.25) is 0 Å². The molecule has 0 fully saturated rings. The van der Waals surface area contributed by atoms with Crippen molar-refractivity contribution >= 4 is 23.2 Å². The van der Waals surface area contributed by atoms with Crippen LogP contribution < -0.4 is 10.6 Å². The first-order valence-corrected chi connectivity index (χ1v) is 5.13. The van der Waals surface area contributed by atoms with Crippen molar-refractivity contribution in [2.45, 2.75) is 32.2 Å². The van der Waals surface area contributed by atoms with Crippen LogP contribution in [0.5, 0.6) is 0 Å². The number of hydrogen-bond acceptors (Lipinski definition) is 3. The fraction of sp³-hybridized carbons (Fsp3) is 0.778. The van der Waals surface area contributed by atoms with Crippen LogP contribution in [0.15, 0.2) is 0 Å². The number of hydrogen-bond donors (Lipinski definition) is 3. The van der Waals surface area contributed by atoms with Crippen LogP contribution in [-0.2, 0) is 4.79 Å². The number of likely N-dealkylation sites (N-methyl/N-ethyl adjacent to an activating group) is 1. The molecular formula is C9H18N2O2S. The van der Waals surface area contributed by atoms with Crippen LogP contribution in [0.1, 0.15) is 26.2 Å². The molecule has 4 nitrogen and oxygen atoms in total. The lowest BCUT2D eigenvalue weighted by Gasteiger charge is -2.10. The van der Waals surface area contributed by atoms with Crippen LogP contribution in [0.25, 0.3) is 0 Å². The average Bonchev–Trinajstić information content (AvgIpc) is 2.10. The van der Waals surface area contributed by atoms with Gasteiger partial charge in [-0.2, -0.15) is 0 Å². The maximum Gasteiger partial charge on any atom is 0.320 e. The van der Waals surface area contributed by atoms with Crippen molar-refractivity contribution in [2.75, 3.05) is 13.6 Å². The highest BCUT2D eigenvalue weighted by Crippen LogP contribution is 2.00. The van der Waals surface area contributed by atoms with E-state index in [1.54, 1.807) is 7.05 Å². The van der Waals surface area contributed by atoms with Gasteiger partial charge >= 0.3 is 5.97 Å². The molecule has 0 radical (unpaired) electrons. The number of carboxylic acid groups (broad SMARTS) is 1. The van der Waals surface area contributed by atoms with Gasteiger partial charge in [0.1, 0.15) is 6.04 Å². The molecule has 0 heterocycles. The summed E-state index contributed by atoms with van der Waals surface area (Å²) in [7, 11) is 1.66. The lowest BCUT2D eigenvalue weighted by molar-refractivity contribution is -0.139. The van der Waals surface area contributed by atoms with Gasteiger partial charge < -0.3 is 15.7 Å². The normalized spacial score (nSPS) is 12.1. The zero-order valence-electron chi connectivity index (χ0n) is 8.67. The Balaban J connectivity index is 3.42. The van der Waals surface area contributed by atoms with Crippen LogP contribution in [0, 0.1) is 0 Å². The molecule has 5 heteroatoms. The molecule has 0 aromatic heterocycles. The zero-order chi connectivity index (χ0) is 11.0. The number of unbranched alkanes of at least 4 members (excludes halogenated alkanes) is 1. The molecule has 82 valence electrons. The Morgan fingerprint density at radius 1 is 1.50 bits per heavy atom. The molecule has 0 aliphatic rings. The smallest absolute Gasteiger partial charge is 0.320 e. The molecule has 0 saturated heterocycles. The largest absolute Gasteiger partial charge is 0.480 e. The molecule has 0 aromatic carbocycles. The highest BCUT2D eigenvalue weighted by molar-refractivity contribution is 7.80. The Bertz CT molecular complexity index is 197. The Morgan fingerprint density at radius 2 is 2.14 bits per heavy atom. The van der Waals surface area contributed by atoms with Crippen molar-refractivity contribution < 1.29 is 9.90 Å². The summed E-state index contributed by atoms with van der Waals surface area (Å²) in [4.78, 5) is 11.4. The molecule has 0 spiro atoms. The minimum Gasteiger partial charge on any atom is -0.480 e.